The van der Waals surface area contributed by atoms with Crippen LogP contribution in [0.3, 0.4) is 0 Å². The summed E-state index contributed by atoms with van der Waals surface area (Å²) in [6.45, 7) is 0.978. The average molecular weight is 210 g/mol. The van der Waals surface area contributed by atoms with Crippen LogP contribution in [0.25, 0.3) is 0 Å². The second kappa shape index (κ2) is 3.66. The van der Waals surface area contributed by atoms with Crippen LogP contribution in [0.1, 0.15) is 18.5 Å². The van der Waals surface area contributed by atoms with Gasteiger partial charge in [-0.25, -0.2) is 0 Å². The predicted octanol–water partition coefficient (Wildman–Crippen LogP) is 0.553. The maximum Gasteiger partial charge on any atom is 0.315 e. The topological polar surface area (TPSA) is 64.4 Å². The van der Waals surface area contributed by atoms with Gasteiger partial charge in [-0.2, -0.15) is 5.10 Å². The van der Waals surface area contributed by atoms with E-state index in [1.54, 1.807) is 24.0 Å². The molecule has 1 aliphatic heterocycles. The SMILES string of the molecule is Cn1ccc(C2(C(=O)O)CCOCC2)n1. The summed E-state index contributed by atoms with van der Waals surface area (Å²) in [4.78, 5) is 11.4. The minimum atomic E-state index is -0.848. The van der Waals surface area contributed by atoms with Crippen molar-refractivity contribution >= 4 is 5.97 Å². The highest BCUT2D eigenvalue weighted by atomic mass is 16.5. The van der Waals surface area contributed by atoms with Gasteiger partial charge in [-0.1, -0.05) is 0 Å². The van der Waals surface area contributed by atoms with Gasteiger partial charge in [0.05, 0.1) is 5.69 Å². The van der Waals surface area contributed by atoms with Gasteiger partial charge < -0.3 is 9.84 Å². The van der Waals surface area contributed by atoms with Crippen LogP contribution < -0.4 is 0 Å². The maximum absolute atomic E-state index is 11.4. The Bertz CT molecular complexity index is 366. The van der Waals surface area contributed by atoms with Crippen LogP contribution in [0.4, 0.5) is 0 Å². The van der Waals surface area contributed by atoms with Crippen molar-refractivity contribution in [1.29, 1.82) is 0 Å². The molecule has 0 aromatic carbocycles. The first-order valence-corrected chi connectivity index (χ1v) is 4.96. The molecule has 0 atom stereocenters. The van der Waals surface area contributed by atoms with Gasteiger partial charge in [0.25, 0.3) is 0 Å². The lowest BCUT2D eigenvalue weighted by Gasteiger charge is -2.31. The molecule has 2 rings (SSSR count). The van der Waals surface area contributed by atoms with E-state index in [-0.39, 0.29) is 0 Å². The van der Waals surface area contributed by atoms with E-state index in [4.69, 9.17) is 4.74 Å². The molecule has 82 valence electrons. The fourth-order valence-electron chi connectivity index (χ4n) is 1.97. The van der Waals surface area contributed by atoms with Crippen LogP contribution in [-0.2, 0) is 22.0 Å². The number of aliphatic carboxylic acids is 1. The van der Waals surface area contributed by atoms with Crippen molar-refractivity contribution in [2.75, 3.05) is 13.2 Å². The van der Waals surface area contributed by atoms with E-state index in [1.165, 1.54) is 0 Å². The monoisotopic (exact) mass is 210 g/mol. The number of nitrogens with zero attached hydrogens (tertiary/aromatic N) is 2. The van der Waals surface area contributed by atoms with Crippen molar-refractivity contribution < 1.29 is 14.6 Å². The molecule has 2 heterocycles. The summed E-state index contributed by atoms with van der Waals surface area (Å²) in [6.07, 6.45) is 2.77. The first kappa shape index (κ1) is 10.2. The Balaban J connectivity index is 2.37. The van der Waals surface area contributed by atoms with Gasteiger partial charge in [-0.05, 0) is 18.9 Å². The number of carbonyl (C=O) groups is 1. The van der Waals surface area contributed by atoms with E-state index in [2.05, 4.69) is 5.10 Å². The molecule has 0 amide bonds. The fourth-order valence-corrected chi connectivity index (χ4v) is 1.97. The number of hydrogen-bond acceptors (Lipinski definition) is 3. The van der Waals surface area contributed by atoms with Crippen molar-refractivity contribution in [2.24, 2.45) is 7.05 Å². The molecule has 1 N–H and O–H groups in total. The zero-order chi connectivity index (χ0) is 10.9. The minimum absolute atomic E-state index is 0.489. The molecule has 0 aliphatic carbocycles. The summed E-state index contributed by atoms with van der Waals surface area (Å²) < 4.78 is 6.84. The van der Waals surface area contributed by atoms with E-state index >= 15 is 0 Å². The van der Waals surface area contributed by atoms with Gasteiger partial charge in [0.2, 0.25) is 0 Å². The summed E-state index contributed by atoms with van der Waals surface area (Å²) >= 11 is 0. The van der Waals surface area contributed by atoms with Crippen molar-refractivity contribution in [2.45, 2.75) is 18.3 Å². The Kier molecular flexibility index (Phi) is 2.48. The quantitative estimate of drug-likeness (QED) is 0.774. The van der Waals surface area contributed by atoms with Gasteiger partial charge in [0.1, 0.15) is 5.41 Å². The normalized spacial score (nSPS) is 20.1. The highest BCUT2D eigenvalue weighted by Gasteiger charge is 2.43. The van der Waals surface area contributed by atoms with Crippen LogP contribution in [0.15, 0.2) is 12.3 Å². The summed E-state index contributed by atoms with van der Waals surface area (Å²) in [5, 5.41) is 13.6. The lowest BCUT2D eigenvalue weighted by molar-refractivity contribution is -0.148. The van der Waals surface area contributed by atoms with Gasteiger partial charge in [0.15, 0.2) is 0 Å². The Morgan fingerprint density at radius 3 is 2.73 bits per heavy atom. The van der Waals surface area contributed by atoms with E-state index in [0.29, 0.717) is 31.7 Å². The second-order valence-corrected chi connectivity index (χ2v) is 3.87. The average Bonchev–Trinajstić information content (AvgIpc) is 2.66. The highest BCUT2D eigenvalue weighted by molar-refractivity contribution is 5.80. The van der Waals surface area contributed by atoms with Crippen LogP contribution in [-0.4, -0.2) is 34.1 Å². The van der Waals surface area contributed by atoms with Crippen molar-refractivity contribution in [3.05, 3.63) is 18.0 Å². The number of aromatic nitrogens is 2. The molecule has 1 saturated heterocycles. The molecular formula is C10H14N2O3. The minimum Gasteiger partial charge on any atom is -0.481 e. The third kappa shape index (κ3) is 1.63. The summed E-state index contributed by atoms with van der Waals surface area (Å²) in [5.41, 5.74) is -0.208. The smallest absolute Gasteiger partial charge is 0.315 e. The molecule has 1 aromatic heterocycles. The van der Waals surface area contributed by atoms with Crippen molar-refractivity contribution in [3.8, 4) is 0 Å². The number of rotatable bonds is 2. The van der Waals surface area contributed by atoms with Crippen LogP contribution >= 0.6 is 0 Å². The Hall–Kier alpha value is -1.36. The Labute approximate surface area is 87.7 Å². The standard InChI is InChI=1S/C10H14N2O3/c1-12-5-2-8(11-12)10(9(13)14)3-6-15-7-4-10/h2,5H,3-4,6-7H2,1H3,(H,13,14). The second-order valence-electron chi connectivity index (χ2n) is 3.87. The van der Waals surface area contributed by atoms with Crippen LogP contribution in [0, 0.1) is 0 Å². The third-order valence-corrected chi connectivity index (χ3v) is 2.96. The zero-order valence-electron chi connectivity index (χ0n) is 8.64. The van der Waals surface area contributed by atoms with Gasteiger partial charge in [-0.3, -0.25) is 9.48 Å². The van der Waals surface area contributed by atoms with Gasteiger partial charge >= 0.3 is 5.97 Å². The highest BCUT2D eigenvalue weighted by Crippen LogP contribution is 2.33. The van der Waals surface area contributed by atoms with E-state index in [0.717, 1.165) is 0 Å². The Morgan fingerprint density at radius 1 is 1.60 bits per heavy atom. The molecule has 0 saturated carbocycles. The predicted molar refractivity (Wildman–Crippen MR) is 52.6 cm³/mol. The third-order valence-electron chi connectivity index (χ3n) is 2.96. The molecule has 0 unspecified atom stereocenters. The molecule has 1 aliphatic rings. The van der Waals surface area contributed by atoms with E-state index < -0.39 is 11.4 Å². The number of ether oxygens (including phenoxy) is 1. The zero-order valence-corrected chi connectivity index (χ0v) is 8.64. The molecule has 1 aromatic rings. The van der Waals surface area contributed by atoms with Gasteiger partial charge in [-0.15, -0.1) is 0 Å². The molecular weight excluding hydrogens is 196 g/mol. The number of aryl methyl sites for hydroxylation is 1. The summed E-state index contributed by atoms with van der Waals surface area (Å²) in [5.74, 6) is -0.801. The lowest BCUT2D eigenvalue weighted by Crippen LogP contribution is -2.41. The first-order valence-electron chi connectivity index (χ1n) is 4.96. The molecule has 15 heavy (non-hydrogen) atoms. The van der Waals surface area contributed by atoms with E-state index in [9.17, 15) is 9.90 Å². The van der Waals surface area contributed by atoms with Crippen molar-refractivity contribution in [3.63, 3.8) is 0 Å². The largest absolute Gasteiger partial charge is 0.481 e. The fraction of sp³-hybridized carbons (Fsp3) is 0.600. The molecule has 0 spiro atoms. The molecule has 0 radical (unpaired) electrons. The van der Waals surface area contributed by atoms with E-state index in [1.807, 2.05) is 0 Å². The summed E-state index contributed by atoms with van der Waals surface area (Å²) in [7, 11) is 1.79. The van der Waals surface area contributed by atoms with Crippen molar-refractivity contribution in [1.82, 2.24) is 9.78 Å². The first-order chi connectivity index (χ1) is 7.15. The maximum atomic E-state index is 11.4. The summed E-state index contributed by atoms with van der Waals surface area (Å²) in [6, 6.07) is 1.78. The molecule has 5 heteroatoms. The molecule has 5 nitrogen and oxygen atoms in total. The van der Waals surface area contributed by atoms with Gasteiger partial charge in [0, 0.05) is 26.5 Å². The Morgan fingerprint density at radius 2 is 2.27 bits per heavy atom. The number of hydrogen-bond donors (Lipinski definition) is 1. The number of carboxylic acid groups (broad SMARTS) is 1. The lowest BCUT2D eigenvalue weighted by atomic mass is 9.77. The van der Waals surface area contributed by atoms with Crippen LogP contribution in [0.2, 0.25) is 0 Å². The number of carboxylic acids is 1. The molecule has 0 bridgehead atoms. The van der Waals surface area contributed by atoms with Crippen LogP contribution in [0.5, 0.6) is 0 Å². The molecule has 1 fully saturated rings.